The fourth-order valence-corrected chi connectivity index (χ4v) is 3.68. The molecule has 0 fully saturated rings. The first kappa shape index (κ1) is 17.0. The topological polar surface area (TPSA) is 56.0 Å². The van der Waals surface area contributed by atoms with Crippen LogP contribution in [0.4, 0.5) is 13.2 Å². The number of hydrogen-bond donors (Lipinski definition) is 1. The third kappa shape index (κ3) is 2.74. The molecule has 1 heterocycles. The number of Topliss-reactive ketones (excluding diaryl/α,β-unsaturated/α-hetero) is 1. The molecule has 2 aliphatic rings. The molecule has 6 heteroatoms. The lowest BCUT2D eigenvalue weighted by Crippen LogP contribution is -2.08. The largest absolute Gasteiger partial charge is 0.416 e. The Morgan fingerprint density at radius 1 is 1.31 bits per heavy atom. The molecule has 4 rings (SSSR count). The molecule has 2 aromatic rings. The van der Waals surface area contributed by atoms with E-state index in [0.29, 0.717) is 23.7 Å². The van der Waals surface area contributed by atoms with E-state index in [1.54, 1.807) is 6.92 Å². The summed E-state index contributed by atoms with van der Waals surface area (Å²) in [5.74, 6) is 0.0869. The molecule has 0 aliphatic heterocycles. The first-order valence-electron chi connectivity index (χ1n) is 8.46. The van der Waals surface area contributed by atoms with Crippen LogP contribution in [0.1, 0.15) is 42.1 Å². The Morgan fingerprint density at radius 3 is 2.69 bits per heavy atom. The molecule has 1 aromatic carbocycles. The zero-order valence-corrected chi connectivity index (χ0v) is 14.2. The smallest absolute Gasteiger partial charge is 0.326 e. The summed E-state index contributed by atoms with van der Waals surface area (Å²) in [4.78, 5) is 16.0. The van der Waals surface area contributed by atoms with E-state index in [0.717, 1.165) is 52.1 Å². The lowest BCUT2D eigenvalue weighted by atomic mass is 9.99. The Hall–Kier alpha value is -2.47. The third-order valence-electron chi connectivity index (χ3n) is 5.09. The molecule has 3 nitrogen and oxygen atoms in total. The van der Waals surface area contributed by atoms with E-state index in [4.69, 9.17) is 5.73 Å². The van der Waals surface area contributed by atoms with Gasteiger partial charge in [-0.2, -0.15) is 13.2 Å². The second-order valence-corrected chi connectivity index (χ2v) is 6.76. The Kier molecular flexibility index (Phi) is 3.77. The van der Waals surface area contributed by atoms with Gasteiger partial charge in [-0.1, -0.05) is 6.08 Å². The standard InChI is InChI=1S/C20H17F3N2O/c1-10(26)15-7-12(15)6-11-2-4-14-17(9-24)16-8-13(20(21,22)23)3-5-18(16)25-19(11)14/h3,5-6,8H,2,4,7,9,24H2,1H3/b11-6+. The molecule has 0 saturated heterocycles. The quantitative estimate of drug-likeness (QED) is 0.888. The highest BCUT2D eigenvalue weighted by molar-refractivity contribution is 6.00. The highest BCUT2D eigenvalue weighted by Crippen LogP contribution is 2.41. The summed E-state index contributed by atoms with van der Waals surface area (Å²) in [6, 6.07) is 3.60. The Labute approximate surface area is 148 Å². The van der Waals surface area contributed by atoms with E-state index in [1.807, 2.05) is 6.08 Å². The van der Waals surface area contributed by atoms with Crippen LogP contribution in [0.25, 0.3) is 16.5 Å². The van der Waals surface area contributed by atoms with Crippen molar-refractivity contribution in [2.45, 2.75) is 38.9 Å². The molecule has 0 bridgehead atoms. The molecule has 2 aliphatic carbocycles. The lowest BCUT2D eigenvalue weighted by molar-refractivity contribution is -0.137. The zero-order chi connectivity index (χ0) is 18.6. The van der Waals surface area contributed by atoms with Gasteiger partial charge in [0.25, 0.3) is 0 Å². The molecule has 134 valence electrons. The Balaban J connectivity index is 1.86. The Bertz CT molecular complexity index is 1020. The minimum absolute atomic E-state index is 0.0869. The fraction of sp³-hybridized carbons (Fsp3) is 0.300. The van der Waals surface area contributed by atoms with Gasteiger partial charge in [-0.05, 0) is 60.2 Å². The summed E-state index contributed by atoms with van der Waals surface area (Å²) in [5.41, 5.74) is 11.1. The number of carbonyl (C=O) groups excluding carboxylic acids is 1. The van der Waals surface area contributed by atoms with E-state index in [1.165, 1.54) is 6.07 Å². The van der Waals surface area contributed by atoms with Gasteiger partial charge in [0, 0.05) is 23.9 Å². The fourth-order valence-electron chi connectivity index (χ4n) is 3.68. The van der Waals surface area contributed by atoms with Gasteiger partial charge < -0.3 is 5.73 Å². The minimum atomic E-state index is -4.40. The zero-order valence-electron chi connectivity index (χ0n) is 14.2. The van der Waals surface area contributed by atoms with Crippen molar-refractivity contribution >= 4 is 22.3 Å². The molecule has 0 atom stereocenters. The summed E-state index contributed by atoms with van der Waals surface area (Å²) in [6.07, 6.45) is -0.222. The third-order valence-corrected chi connectivity index (χ3v) is 5.09. The molecule has 0 spiro atoms. The monoisotopic (exact) mass is 358 g/mol. The number of pyridine rings is 1. The molecule has 2 N–H and O–H groups in total. The molecule has 0 radical (unpaired) electrons. The predicted molar refractivity (Wildman–Crippen MR) is 93.3 cm³/mol. The van der Waals surface area contributed by atoms with Crippen molar-refractivity contribution in [1.82, 2.24) is 4.98 Å². The minimum Gasteiger partial charge on any atom is -0.326 e. The van der Waals surface area contributed by atoms with Crippen molar-refractivity contribution in [1.29, 1.82) is 0 Å². The van der Waals surface area contributed by atoms with Gasteiger partial charge in [0.05, 0.1) is 16.8 Å². The van der Waals surface area contributed by atoms with Crippen LogP contribution in [0.15, 0.2) is 35.4 Å². The first-order valence-corrected chi connectivity index (χ1v) is 8.46. The van der Waals surface area contributed by atoms with Crippen molar-refractivity contribution in [2.75, 3.05) is 0 Å². The summed E-state index contributed by atoms with van der Waals surface area (Å²) in [7, 11) is 0. The number of allylic oxidation sites excluding steroid dienone is 4. The number of nitrogens with two attached hydrogens (primary N) is 1. The van der Waals surface area contributed by atoms with Crippen LogP contribution in [0.3, 0.4) is 0 Å². The van der Waals surface area contributed by atoms with Gasteiger partial charge in [-0.3, -0.25) is 4.79 Å². The van der Waals surface area contributed by atoms with Crippen LogP contribution in [-0.2, 0) is 23.9 Å². The maximum atomic E-state index is 13.0. The summed E-state index contributed by atoms with van der Waals surface area (Å²) in [6.45, 7) is 1.72. The second kappa shape index (κ2) is 5.77. The summed E-state index contributed by atoms with van der Waals surface area (Å²) >= 11 is 0. The van der Waals surface area contributed by atoms with Gasteiger partial charge in [0.15, 0.2) is 5.78 Å². The molecular formula is C20H17F3N2O. The van der Waals surface area contributed by atoms with Crippen LogP contribution in [0, 0.1) is 0 Å². The predicted octanol–water partition coefficient (Wildman–Crippen LogP) is 4.33. The van der Waals surface area contributed by atoms with Crippen molar-refractivity contribution in [3.05, 3.63) is 57.8 Å². The number of hydrogen-bond acceptors (Lipinski definition) is 3. The molecule has 1 aromatic heterocycles. The number of fused-ring (bicyclic) bond motifs is 2. The number of carbonyl (C=O) groups is 1. The normalized spacial score (nSPS) is 18.0. The van der Waals surface area contributed by atoms with Crippen molar-refractivity contribution in [2.24, 2.45) is 5.73 Å². The number of rotatable bonds is 3. The highest BCUT2D eigenvalue weighted by Gasteiger charge is 2.32. The number of aromatic nitrogens is 1. The van der Waals surface area contributed by atoms with Crippen molar-refractivity contribution in [3.63, 3.8) is 0 Å². The van der Waals surface area contributed by atoms with Gasteiger partial charge in [-0.25, -0.2) is 4.98 Å². The van der Waals surface area contributed by atoms with Crippen LogP contribution in [-0.4, -0.2) is 10.8 Å². The Morgan fingerprint density at radius 2 is 2.08 bits per heavy atom. The van der Waals surface area contributed by atoms with E-state index in [9.17, 15) is 18.0 Å². The lowest BCUT2D eigenvalue weighted by Gasteiger charge is -2.13. The van der Waals surface area contributed by atoms with E-state index < -0.39 is 11.7 Å². The maximum absolute atomic E-state index is 13.0. The van der Waals surface area contributed by atoms with Crippen LogP contribution >= 0.6 is 0 Å². The van der Waals surface area contributed by atoms with Crippen LogP contribution < -0.4 is 5.73 Å². The first-order chi connectivity index (χ1) is 12.3. The number of ketones is 1. The van der Waals surface area contributed by atoms with Crippen LogP contribution in [0.5, 0.6) is 0 Å². The molecule has 26 heavy (non-hydrogen) atoms. The second-order valence-electron chi connectivity index (χ2n) is 6.76. The molecule has 0 unspecified atom stereocenters. The SMILES string of the molecule is CC(=O)C1=C(/C=C2\CCc3c2nc2ccc(C(F)(F)F)cc2c3CN)C1. The number of halogens is 3. The van der Waals surface area contributed by atoms with E-state index in [2.05, 4.69) is 4.98 Å². The maximum Gasteiger partial charge on any atom is 0.416 e. The van der Waals surface area contributed by atoms with Gasteiger partial charge in [0.1, 0.15) is 0 Å². The van der Waals surface area contributed by atoms with Gasteiger partial charge in [-0.15, -0.1) is 0 Å². The van der Waals surface area contributed by atoms with Crippen LogP contribution in [0.2, 0.25) is 0 Å². The molecular weight excluding hydrogens is 341 g/mol. The number of nitrogens with zero attached hydrogens (tertiary/aromatic N) is 1. The van der Waals surface area contributed by atoms with Crippen molar-refractivity contribution in [3.8, 4) is 0 Å². The summed E-state index contributed by atoms with van der Waals surface area (Å²) < 4.78 is 39.1. The summed E-state index contributed by atoms with van der Waals surface area (Å²) in [5, 5.41) is 0.470. The van der Waals surface area contributed by atoms with Gasteiger partial charge >= 0.3 is 6.18 Å². The van der Waals surface area contributed by atoms with Crippen molar-refractivity contribution < 1.29 is 18.0 Å². The molecule has 0 saturated carbocycles. The average molecular weight is 358 g/mol. The highest BCUT2D eigenvalue weighted by atomic mass is 19.4. The number of alkyl halides is 3. The van der Waals surface area contributed by atoms with Gasteiger partial charge in [0.2, 0.25) is 0 Å². The van der Waals surface area contributed by atoms with E-state index in [-0.39, 0.29) is 12.3 Å². The number of benzene rings is 1. The van der Waals surface area contributed by atoms with E-state index >= 15 is 0 Å². The average Bonchev–Trinajstić information content (AvgIpc) is 3.25. The molecule has 0 amide bonds.